The molecule has 4 aromatic rings. The van der Waals surface area contributed by atoms with E-state index >= 15 is 0 Å². The zero-order chi connectivity index (χ0) is 23.2. The minimum Gasteiger partial charge on any atom is -0.374 e. The van der Waals surface area contributed by atoms with Crippen LogP contribution >= 0.6 is 23.4 Å². The van der Waals surface area contributed by atoms with Crippen molar-refractivity contribution in [3.63, 3.8) is 0 Å². The van der Waals surface area contributed by atoms with Gasteiger partial charge in [0.1, 0.15) is 11.5 Å². The van der Waals surface area contributed by atoms with E-state index in [4.69, 9.17) is 11.6 Å². The lowest BCUT2D eigenvalue weighted by Crippen LogP contribution is -2.20. The molecule has 3 aromatic heterocycles. The van der Waals surface area contributed by atoms with Crippen LogP contribution in [0.3, 0.4) is 0 Å². The Bertz CT molecular complexity index is 1210. The third-order valence-corrected chi connectivity index (χ3v) is 6.15. The van der Waals surface area contributed by atoms with Gasteiger partial charge in [-0.2, -0.15) is 0 Å². The third kappa shape index (κ3) is 5.71. The SMILES string of the molecule is Cc1ccc(NC(=O)c2cnc(SCCN(C)c3ccncc3)n2-c2ccc(Cl)cc2)nc1. The standard InChI is InChI=1S/C24H23ClN6OS/c1-17-3-8-22(27-15-17)29-23(32)21-16-28-24(31(21)20-6-4-18(25)5-7-20)33-14-13-30(2)19-9-11-26-12-10-19/h3-12,15-16H,13-14H2,1-2H3,(H,27,29,32). The predicted molar refractivity (Wildman–Crippen MR) is 134 cm³/mol. The Morgan fingerprint density at radius 2 is 1.82 bits per heavy atom. The Morgan fingerprint density at radius 1 is 1.06 bits per heavy atom. The van der Waals surface area contributed by atoms with Gasteiger partial charge in [0.25, 0.3) is 5.91 Å². The van der Waals surface area contributed by atoms with Gasteiger partial charge < -0.3 is 10.2 Å². The molecular weight excluding hydrogens is 456 g/mol. The van der Waals surface area contributed by atoms with Crippen LogP contribution in [0.4, 0.5) is 11.5 Å². The molecule has 0 spiro atoms. The van der Waals surface area contributed by atoms with Crippen molar-refractivity contribution in [2.75, 3.05) is 29.6 Å². The number of pyridine rings is 2. The molecule has 1 N–H and O–H groups in total. The molecule has 0 fully saturated rings. The second kappa shape index (κ2) is 10.5. The van der Waals surface area contributed by atoms with E-state index in [0.29, 0.717) is 16.5 Å². The van der Waals surface area contributed by atoms with Gasteiger partial charge in [-0.25, -0.2) is 9.97 Å². The molecule has 0 atom stereocenters. The number of rotatable bonds is 8. The molecule has 0 aliphatic rings. The summed E-state index contributed by atoms with van der Waals surface area (Å²) in [4.78, 5) is 28.1. The average molecular weight is 479 g/mol. The number of nitrogens with one attached hydrogen (secondary N) is 1. The molecule has 33 heavy (non-hydrogen) atoms. The third-order valence-electron chi connectivity index (χ3n) is 4.96. The first-order chi connectivity index (χ1) is 16.0. The number of hydrogen-bond acceptors (Lipinski definition) is 6. The van der Waals surface area contributed by atoms with Crippen molar-refractivity contribution in [2.24, 2.45) is 0 Å². The van der Waals surface area contributed by atoms with Crippen molar-refractivity contribution in [1.82, 2.24) is 19.5 Å². The number of aromatic nitrogens is 4. The number of thioether (sulfide) groups is 1. The van der Waals surface area contributed by atoms with Crippen LogP contribution in [0.15, 0.2) is 78.5 Å². The maximum atomic E-state index is 13.1. The van der Waals surface area contributed by atoms with E-state index in [1.165, 1.54) is 0 Å². The first-order valence-corrected chi connectivity index (χ1v) is 11.7. The number of anilines is 2. The molecule has 7 nitrogen and oxygen atoms in total. The highest BCUT2D eigenvalue weighted by atomic mass is 35.5. The lowest BCUT2D eigenvalue weighted by atomic mass is 10.3. The lowest BCUT2D eigenvalue weighted by Gasteiger charge is -2.18. The van der Waals surface area contributed by atoms with E-state index in [-0.39, 0.29) is 5.91 Å². The summed E-state index contributed by atoms with van der Waals surface area (Å²) in [6.45, 7) is 2.75. The van der Waals surface area contributed by atoms with E-state index < -0.39 is 0 Å². The average Bonchev–Trinajstić information content (AvgIpc) is 3.25. The quantitative estimate of drug-likeness (QED) is 0.355. The molecule has 4 rings (SSSR count). The van der Waals surface area contributed by atoms with Gasteiger partial charge in [0, 0.05) is 54.3 Å². The van der Waals surface area contributed by atoms with Crippen LogP contribution in [0.25, 0.3) is 5.69 Å². The van der Waals surface area contributed by atoms with Crippen molar-refractivity contribution in [2.45, 2.75) is 12.1 Å². The number of carbonyl (C=O) groups is 1. The fourth-order valence-electron chi connectivity index (χ4n) is 3.16. The van der Waals surface area contributed by atoms with Crippen molar-refractivity contribution in [1.29, 1.82) is 0 Å². The van der Waals surface area contributed by atoms with Gasteiger partial charge in [0.2, 0.25) is 0 Å². The molecule has 0 bridgehead atoms. The second-order valence-electron chi connectivity index (χ2n) is 7.39. The lowest BCUT2D eigenvalue weighted by molar-refractivity contribution is 0.101. The molecule has 3 heterocycles. The van der Waals surface area contributed by atoms with E-state index in [2.05, 4.69) is 25.2 Å². The van der Waals surface area contributed by atoms with Crippen molar-refractivity contribution in [3.05, 3.63) is 89.6 Å². The van der Waals surface area contributed by atoms with Crippen LogP contribution in [0.5, 0.6) is 0 Å². The van der Waals surface area contributed by atoms with Crippen molar-refractivity contribution >= 4 is 40.8 Å². The van der Waals surface area contributed by atoms with Crippen molar-refractivity contribution < 1.29 is 4.79 Å². The summed E-state index contributed by atoms with van der Waals surface area (Å²) >= 11 is 7.67. The number of benzene rings is 1. The molecule has 9 heteroatoms. The summed E-state index contributed by atoms with van der Waals surface area (Å²) in [6, 6.07) is 15.0. The fourth-order valence-corrected chi connectivity index (χ4v) is 4.29. The maximum Gasteiger partial charge on any atom is 0.275 e. The highest BCUT2D eigenvalue weighted by Crippen LogP contribution is 2.25. The first kappa shape index (κ1) is 22.8. The Kier molecular flexibility index (Phi) is 7.26. The number of imidazole rings is 1. The van der Waals surface area contributed by atoms with Gasteiger partial charge in [0.05, 0.1) is 6.20 Å². The Morgan fingerprint density at radius 3 is 2.52 bits per heavy atom. The molecule has 0 aliphatic heterocycles. The molecule has 1 amide bonds. The molecule has 0 radical (unpaired) electrons. The Balaban J connectivity index is 1.55. The van der Waals surface area contributed by atoms with Gasteiger partial charge in [0.15, 0.2) is 5.16 Å². The summed E-state index contributed by atoms with van der Waals surface area (Å²) < 4.78 is 1.84. The van der Waals surface area contributed by atoms with Crippen LogP contribution in [0, 0.1) is 6.92 Å². The van der Waals surface area contributed by atoms with Crippen molar-refractivity contribution in [3.8, 4) is 5.69 Å². The number of halogens is 1. The molecule has 0 unspecified atom stereocenters. The van der Waals surface area contributed by atoms with E-state index in [0.717, 1.165) is 34.4 Å². The van der Waals surface area contributed by atoms with Crippen LogP contribution in [0.1, 0.15) is 16.1 Å². The molecule has 168 valence electrons. The Labute approximate surface area is 201 Å². The van der Waals surface area contributed by atoms with Crippen LogP contribution in [-0.4, -0.2) is 44.8 Å². The first-order valence-electron chi connectivity index (χ1n) is 10.3. The topological polar surface area (TPSA) is 75.9 Å². The minimum atomic E-state index is -0.283. The second-order valence-corrected chi connectivity index (χ2v) is 8.89. The zero-order valence-electron chi connectivity index (χ0n) is 18.3. The van der Waals surface area contributed by atoms with Gasteiger partial charge in [-0.3, -0.25) is 14.3 Å². The summed E-state index contributed by atoms with van der Waals surface area (Å²) in [5.41, 5.74) is 3.35. The number of nitrogens with zero attached hydrogens (tertiary/aromatic N) is 5. The molecule has 0 saturated heterocycles. The fraction of sp³-hybridized carbons (Fsp3) is 0.167. The minimum absolute atomic E-state index is 0.283. The number of hydrogen-bond donors (Lipinski definition) is 1. The number of amides is 1. The largest absolute Gasteiger partial charge is 0.374 e. The summed E-state index contributed by atoms with van der Waals surface area (Å²) in [6.07, 6.45) is 6.86. The van der Waals surface area contributed by atoms with Gasteiger partial charge in [-0.15, -0.1) is 0 Å². The van der Waals surface area contributed by atoms with Crippen LogP contribution in [-0.2, 0) is 0 Å². The number of aryl methyl sites for hydroxylation is 1. The van der Waals surface area contributed by atoms with E-state index in [9.17, 15) is 4.79 Å². The van der Waals surface area contributed by atoms with Gasteiger partial charge in [-0.05, 0) is 55.0 Å². The molecular formula is C24H23ClN6OS. The summed E-state index contributed by atoms with van der Waals surface area (Å²) in [7, 11) is 2.04. The normalized spacial score (nSPS) is 10.8. The number of carbonyl (C=O) groups excluding carboxylic acids is 1. The van der Waals surface area contributed by atoms with E-state index in [1.807, 2.05) is 48.9 Å². The smallest absolute Gasteiger partial charge is 0.275 e. The molecule has 0 saturated carbocycles. The molecule has 1 aromatic carbocycles. The molecule has 0 aliphatic carbocycles. The predicted octanol–water partition coefficient (Wildman–Crippen LogP) is 5.10. The zero-order valence-corrected chi connectivity index (χ0v) is 19.8. The summed E-state index contributed by atoms with van der Waals surface area (Å²) in [5.74, 6) is 0.987. The highest BCUT2D eigenvalue weighted by molar-refractivity contribution is 7.99. The monoisotopic (exact) mass is 478 g/mol. The summed E-state index contributed by atoms with van der Waals surface area (Å²) in [5, 5.41) is 4.21. The van der Waals surface area contributed by atoms with Gasteiger partial charge in [-0.1, -0.05) is 29.4 Å². The van der Waals surface area contributed by atoms with Gasteiger partial charge >= 0.3 is 0 Å². The maximum absolute atomic E-state index is 13.1. The Hall–Kier alpha value is -3.36. The van der Waals surface area contributed by atoms with Crippen LogP contribution in [0.2, 0.25) is 5.02 Å². The highest BCUT2D eigenvalue weighted by Gasteiger charge is 2.19. The van der Waals surface area contributed by atoms with E-state index in [1.54, 1.807) is 54.7 Å². The van der Waals surface area contributed by atoms with Crippen LogP contribution < -0.4 is 10.2 Å².